The fourth-order valence-electron chi connectivity index (χ4n) is 3.53. The second-order valence-corrected chi connectivity index (χ2v) is 6.40. The van der Waals surface area contributed by atoms with Crippen LogP contribution in [0.15, 0.2) is 60.7 Å². The van der Waals surface area contributed by atoms with E-state index in [0.717, 1.165) is 5.56 Å². The molecule has 5 nitrogen and oxygen atoms in total. The third kappa shape index (κ3) is 3.56. The zero-order chi connectivity index (χ0) is 17.7. The third-order valence-corrected chi connectivity index (χ3v) is 4.99. The first-order chi connectivity index (χ1) is 12.2. The maximum atomic E-state index is 13.1. The number of esters is 1. The molecule has 2 N–H and O–H groups in total. The topological polar surface area (TPSA) is 75.6 Å². The van der Waals surface area contributed by atoms with Gasteiger partial charge in [0.25, 0.3) is 0 Å². The van der Waals surface area contributed by atoms with Crippen molar-refractivity contribution >= 4 is 11.9 Å². The Balaban J connectivity index is 1.86. The molecule has 1 saturated carbocycles. The molecule has 1 aliphatic rings. The number of rotatable bonds is 4. The minimum atomic E-state index is -0.774. The number of amides is 1. The number of para-hydroxylation sites is 1. The van der Waals surface area contributed by atoms with Crippen LogP contribution in [0.4, 0.5) is 0 Å². The molecule has 5 heteroatoms. The molecular weight excluding hydrogens is 318 g/mol. The number of carbonyl (C=O) groups is 2. The van der Waals surface area contributed by atoms with E-state index in [9.17, 15) is 9.59 Å². The molecule has 1 amide bonds. The minimum absolute atomic E-state index is 0.286. The van der Waals surface area contributed by atoms with E-state index in [2.05, 4.69) is 0 Å². The highest BCUT2D eigenvalue weighted by molar-refractivity contribution is 5.86. The smallest absolute Gasteiger partial charge is 0.321 e. The van der Waals surface area contributed by atoms with Gasteiger partial charge in [-0.1, -0.05) is 48.5 Å². The molecule has 2 aromatic carbocycles. The molecule has 0 unspecified atom stereocenters. The summed E-state index contributed by atoms with van der Waals surface area (Å²) in [5, 5.41) is 8.85. The van der Waals surface area contributed by atoms with Crippen LogP contribution in [0, 0.1) is 5.92 Å². The van der Waals surface area contributed by atoms with E-state index in [1.54, 1.807) is 17.6 Å². The van der Waals surface area contributed by atoms with Crippen molar-refractivity contribution in [3.63, 3.8) is 0 Å². The average Bonchev–Trinajstić information content (AvgIpc) is 2.69. The van der Waals surface area contributed by atoms with Crippen molar-refractivity contribution in [1.82, 2.24) is 5.48 Å². The molecular formula is C20H21NO4. The standard InChI is InChI=1S/C20H21NO4/c22-18(21-24)15-11-13-20(14-12-15,16-7-3-1-4-8-16)19(23)25-17-9-5-2-6-10-17/h1-10,15,24H,11-14H2,(H,21,22). The zero-order valence-corrected chi connectivity index (χ0v) is 13.9. The molecule has 0 aromatic heterocycles. The number of benzene rings is 2. The van der Waals surface area contributed by atoms with E-state index < -0.39 is 11.3 Å². The Bertz CT molecular complexity index is 722. The highest BCUT2D eigenvalue weighted by atomic mass is 16.5. The van der Waals surface area contributed by atoms with Gasteiger partial charge in [-0.15, -0.1) is 0 Å². The lowest BCUT2D eigenvalue weighted by molar-refractivity contribution is -0.145. The molecule has 0 radical (unpaired) electrons. The Morgan fingerprint density at radius 1 is 0.960 bits per heavy atom. The van der Waals surface area contributed by atoms with Gasteiger partial charge in [-0.25, -0.2) is 5.48 Å². The van der Waals surface area contributed by atoms with Gasteiger partial charge in [-0.2, -0.15) is 0 Å². The number of carbonyl (C=O) groups excluding carboxylic acids is 2. The van der Waals surface area contributed by atoms with Crippen LogP contribution in [0.2, 0.25) is 0 Å². The van der Waals surface area contributed by atoms with Crippen molar-refractivity contribution < 1.29 is 19.5 Å². The first-order valence-corrected chi connectivity index (χ1v) is 8.42. The predicted octanol–water partition coefficient (Wildman–Crippen LogP) is 3.23. The van der Waals surface area contributed by atoms with Crippen LogP contribution in [-0.2, 0) is 15.0 Å². The van der Waals surface area contributed by atoms with Crippen LogP contribution in [-0.4, -0.2) is 17.1 Å². The summed E-state index contributed by atoms with van der Waals surface area (Å²) in [6.45, 7) is 0. The summed E-state index contributed by atoms with van der Waals surface area (Å²) in [6, 6.07) is 18.6. The van der Waals surface area contributed by atoms with E-state index in [4.69, 9.17) is 9.94 Å². The normalized spacial score (nSPS) is 22.8. The van der Waals surface area contributed by atoms with Crippen molar-refractivity contribution in [2.24, 2.45) is 5.92 Å². The number of ether oxygens (including phenoxy) is 1. The van der Waals surface area contributed by atoms with Crippen LogP contribution < -0.4 is 10.2 Å². The summed E-state index contributed by atoms with van der Waals surface area (Å²) in [5.74, 6) is -0.463. The lowest BCUT2D eigenvalue weighted by Crippen LogP contribution is -2.44. The monoisotopic (exact) mass is 339 g/mol. The molecule has 0 atom stereocenters. The van der Waals surface area contributed by atoms with E-state index in [1.165, 1.54) is 0 Å². The van der Waals surface area contributed by atoms with Gasteiger partial charge in [0.15, 0.2) is 0 Å². The lowest BCUT2D eigenvalue weighted by atomic mass is 9.66. The van der Waals surface area contributed by atoms with E-state index in [0.29, 0.717) is 31.4 Å². The van der Waals surface area contributed by atoms with Gasteiger partial charge in [0, 0.05) is 5.92 Å². The van der Waals surface area contributed by atoms with Crippen LogP contribution in [0.3, 0.4) is 0 Å². The number of hydrogen-bond acceptors (Lipinski definition) is 4. The zero-order valence-electron chi connectivity index (χ0n) is 13.9. The summed E-state index contributed by atoms with van der Waals surface area (Å²) < 4.78 is 5.64. The van der Waals surface area contributed by atoms with E-state index in [1.807, 2.05) is 48.5 Å². The highest BCUT2D eigenvalue weighted by Crippen LogP contribution is 2.42. The van der Waals surface area contributed by atoms with Gasteiger partial charge >= 0.3 is 5.97 Å². The molecule has 0 saturated heterocycles. The van der Waals surface area contributed by atoms with Crippen LogP contribution in [0.25, 0.3) is 0 Å². The molecule has 1 aliphatic carbocycles. The Morgan fingerprint density at radius 3 is 2.08 bits per heavy atom. The number of nitrogens with one attached hydrogen (secondary N) is 1. The van der Waals surface area contributed by atoms with Gasteiger partial charge in [0.1, 0.15) is 5.75 Å². The molecule has 0 spiro atoms. The fraction of sp³-hybridized carbons (Fsp3) is 0.300. The van der Waals surface area contributed by atoms with Crippen LogP contribution in [0.1, 0.15) is 31.2 Å². The van der Waals surface area contributed by atoms with Crippen molar-refractivity contribution in [2.45, 2.75) is 31.1 Å². The maximum absolute atomic E-state index is 13.1. The van der Waals surface area contributed by atoms with Gasteiger partial charge in [-0.3, -0.25) is 14.8 Å². The second-order valence-electron chi connectivity index (χ2n) is 6.40. The molecule has 0 heterocycles. The van der Waals surface area contributed by atoms with Gasteiger partial charge in [0.2, 0.25) is 5.91 Å². The Morgan fingerprint density at radius 2 is 1.52 bits per heavy atom. The third-order valence-electron chi connectivity index (χ3n) is 4.99. The fourth-order valence-corrected chi connectivity index (χ4v) is 3.53. The quantitative estimate of drug-likeness (QED) is 0.388. The summed E-state index contributed by atoms with van der Waals surface area (Å²) >= 11 is 0. The number of hydroxylamine groups is 1. The van der Waals surface area contributed by atoms with Crippen molar-refractivity contribution in [1.29, 1.82) is 0 Å². The van der Waals surface area contributed by atoms with E-state index in [-0.39, 0.29) is 11.9 Å². The summed E-state index contributed by atoms with van der Waals surface area (Å²) in [4.78, 5) is 24.8. The summed E-state index contributed by atoms with van der Waals surface area (Å²) in [7, 11) is 0. The minimum Gasteiger partial charge on any atom is -0.426 e. The molecule has 25 heavy (non-hydrogen) atoms. The van der Waals surface area contributed by atoms with Crippen molar-refractivity contribution in [3.05, 3.63) is 66.2 Å². The van der Waals surface area contributed by atoms with Crippen LogP contribution >= 0.6 is 0 Å². The molecule has 130 valence electrons. The van der Waals surface area contributed by atoms with Gasteiger partial charge in [-0.05, 0) is 43.4 Å². The Hall–Kier alpha value is -2.66. The Kier molecular flexibility index (Phi) is 5.14. The first-order valence-electron chi connectivity index (χ1n) is 8.42. The van der Waals surface area contributed by atoms with Crippen molar-refractivity contribution in [3.8, 4) is 5.75 Å². The lowest BCUT2D eigenvalue weighted by Gasteiger charge is -2.37. The molecule has 0 aliphatic heterocycles. The maximum Gasteiger partial charge on any atom is 0.321 e. The highest BCUT2D eigenvalue weighted by Gasteiger charge is 2.46. The molecule has 1 fully saturated rings. The predicted molar refractivity (Wildman–Crippen MR) is 92.1 cm³/mol. The van der Waals surface area contributed by atoms with Gasteiger partial charge in [0.05, 0.1) is 5.41 Å². The number of hydrogen-bond donors (Lipinski definition) is 2. The first kappa shape index (κ1) is 17.2. The van der Waals surface area contributed by atoms with E-state index >= 15 is 0 Å². The molecule has 2 aromatic rings. The van der Waals surface area contributed by atoms with Crippen LogP contribution in [0.5, 0.6) is 5.75 Å². The summed E-state index contributed by atoms with van der Waals surface area (Å²) in [5.41, 5.74) is 1.84. The summed E-state index contributed by atoms with van der Waals surface area (Å²) in [6.07, 6.45) is 2.04. The average molecular weight is 339 g/mol. The molecule has 0 bridgehead atoms. The Labute approximate surface area is 146 Å². The van der Waals surface area contributed by atoms with Gasteiger partial charge < -0.3 is 4.74 Å². The SMILES string of the molecule is O=C(NO)C1CCC(C(=O)Oc2ccccc2)(c2ccccc2)CC1. The second kappa shape index (κ2) is 7.49. The largest absolute Gasteiger partial charge is 0.426 e. The molecule has 3 rings (SSSR count). The van der Waals surface area contributed by atoms with Crippen molar-refractivity contribution in [2.75, 3.05) is 0 Å².